The zero-order valence-corrected chi connectivity index (χ0v) is 16.6. The van der Waals surface area contributed by atoms with Crippen LogP contribution in [0.3, 0.4) is 0 Å². The van der Waals surface area contributed by atoms with Gasteiger partial charge in [0.1, 0.15) is 12.6 Å². The first-order valence-corrected chi connectivity index (χ1v) is 9.83. The van der Waals surface area contributed by atoms with Crippen LogP contribution in [0, 0.1) is 23.2 Å². The highest BCUT2D eigenvalue weighted by atomic mass is 19.4. The maximum atomic E-state index is 13.0. The van der Waals surface area contributed by atoms with Crippen molar-refractivity contribution in [2.24, 2.45) is 28.9 Å². The molecule has 0 radical (unpaired) electrons. The number of halogens is 6. The van der Waals surface area contributed by atoms with Crippen LogP contribution < -0.4 is 11.1 Å². The highest BCUT2D eigenvalue weighted by molar-refractivity contribution is 5.90. The molecule has 1 spiro atoms. The molecule has 3 unspecified atom stereocenters. The van der Waals surface area contributed by atoms with Crippen molar-refractivity contribution >= 4 is 23.5 Å². The number of carbonyl (C=O) groups excluding carboxylic acids is 4. The number of ether oxygens (including phenoxy) is 1. The van der Waals surface area contributed by atoms with E-state index in [1.54, 1.807) is 0 Å². The van der Waals surface area contributed by atoms with Crippen molar-refractivity contribution in [1.82, 2.24) is 10.2 Å². The highest BCUT2D eigenvalue weighted by Crippen LogP contribution is 2.64. The van der Waals surface area contributed by atoms with Crippen LogP contribution in [0.5, 0.6) is 0 Å². The molecule has 3 aliphatic rings. The van der Waals surface area contributed by atoms with Gasteiger partial charge in [-0.1, -0.05) is 0 Å². The van der Waals surface area contributed by atoms with Crippen LogP contribution >= 0.6 is 0 Å². The number of ketones is 1. The van der Waals surface area contributed by atoms with Crippen molar-refractivity contribution in [3.8, 4) is 0 Å². The Labute approximate surface area is 177 Å². The van der Waals surface area contributed by atoms with Gasteiger partial charge in [0.05, 0.1) is 0 Å². The first kappa shape index (κ1) is 24.3. The largest absolute Gasteiger partial charge is 0.522 e. The minimum Gasteiger partial charge on any atom is -0.368 e. The summed E-state index contributed by atoms with van der Waals surface area (Å²) in [6, 6.07) is -1.55. The fourth-order valence-corrected chi connectivity index (χ4v) is 4.96. The second kappa shape index (κ2) is 8.19. The molecule has 0 aromatic heterocycles. The van der Waals surface area contributed by atoms with E-state index >= 15 is 0 Å². The third-order valence-corrected chi connectivity index (χ3v) is 6.52. The van der Waals surface area contributed by atoms with Crippen LogP contribution in [0.2, 0.25) is 0 Å². The number of alkyl halides is 6. The van der Waals surface area contributed by atoms with Crippen LogP contribution in [0.25, 0.3) is 0 Å². The first-order valence-electron chi connectivity index (χ1n) is 9.83. The Balaban J connectivity index is 1.80. The van der Waals surface area contributed by atoms with Crippen molar-refractivity contribution in [3.05, 3.63) is 0 Å². The second-order valence-electron chi connectivity index (χ2n) is 8.55. The molecule has 1 saturated carbocycles. The maximum Gasteiger partial charge on any atom is 0.522 e. The fraction of sp³-hybridized carbons (Fsp3) is 0.778. The van der Waals surface area contributed by atoms with E-state index in [1.165, 1.54) is 0 Å². The summed E-state index contributed by atoms with van der Waals surface area (Å²) in [6.07, 6.45) is -10.2. The number of nitrogens with zero attached hydrogens (tertiary/aromatic N) is 1. The normalized spacial score (nSPS) is 31.0. The van der Waals surface area contributed by atoms with Gasteiger partial charge in [0.2, 0.25) is 11.8 Å². The predicted octanol–water partition coefficient (Wildman–Crippen LogP) is 0.889. The monoisotopic (exact) mass is 473 g/mol. The molecule has 32 heavy (non-hydrogen) atoms. The zero-order chi connectivity index (χ0) is 24.1. The van der Waals surface area contributed by atoms with Gasteiger partial charge in [-0.15, -0.1) is 13.2 Å². The van der Waals surface area contributed by atoms with E-state index in [0.29, 0.717) is 17.9 Å². The van der Waals surface area contributed by atoms with Gasteiger partial charge in [0, 0.05) is 24.9 Å². The van der Waals surface area contributed by atoms with Crippen molar-refractivity contribution < 1.29 is 50.3 Å². The molecular weight excluding hydrogens is 452 g/mol. The van der Waals surface area contributed by atoms with Crippen LogP contribution in [0.1, 0.15) is 25.7 Å². The van der Waals surface area contributed by atoms with Gasteiger partial charge in [-0.3, -0.25) is 23.9 Å². The number of hydrogen-bond acceptors (Lipinski definition) is 5. The lowest BCUT2D eigenvalue weighted by atomic mass is 9.83. The SMILES string of the molecule is NC(=O)C1CC2(CC2[C@H](C[C@H]2CCNC2=O)C(=O)COC(F)(F)F)CN1C(=O)C(F)(F)F. The molecule has 0 bridgehead atoms. The summed E-state index contributed by atoms with van der Waals surface area (Å²) < 4.78 is 79.7. The maximum absolute atomic E-state index is 13.0. The predicted molar refractivity (Wildman–Crippen MR) is 92.1 cm³/mol. The Kier molecular flexibility index (Phi) is 6.21. The molecule has 3 rings (SSSR count). The average molecular weight is 473 g/mol. The lowest BCUT2D eigenvalue weighted by Gasteiger charge is -2.23. The summed E-state index contributed by atoms with van der Waals surface area (Å²) in [5, 5.41) is 2.55. The molecular formula is C18H21F6N3O5. The van der Waals surface area contributed by atoms with Gasteiger partial charge < -0.3 is 16.0 Å². The minimum atomic E-state index is -5.25. The molecule has 1 aliphatic carbocycles. The number of rotatable bonds is 7. The topological polar surface area (TPSA) is 119 Å². The number of amides is 3. The number of nitrogens with two attached hydrogens (primary N) is 1. The van der Waals surface area contributed by atoms with Gasteiger partial charge in [-0.25, -0.2) is 0 Å². The number of carbonyl (C=O) groups is 4. The zero-order valence-electron chi connectivity index (χ0n) is 16.6. The summed E-state index contributed by atoms with van der Waals surface area (Å²) in [7, 11) is 0. The summed E-state index contributed by atoms with van der Waals surface area (Å²) in [6.45, 7) is -1.49. The molecule has 0 aromatic rings. The lowest BCUT2D eigenvalue weighted by Crippen LogP contribution is -2.48. The first-order chi connectivity index (χ1) is 14.6. The van der Waals surface area contributed by atoms with Gasteiger partial charge in [0.25, 0.3) is 0 Å². The van der Waals surface area contributed by atoms with Crippen LogP contribution in [0.4, 0.5) is 26.3 Å². The van der Waals surface area contributed by atoms with Crippen LogP contribution in [-0.2, 0) is 23.9 Å². The van der Waals surface area contributed by atoms with Gasteiger partial charge >= 0.3 is 18.4 Å². The molecule has 3 amide bonds. The third kappa shape index (κ3) is 4.99. The van der Waals surface area contributed by atoms with Gasteiger partial charge in [-0.2, -0.15) is 13.2 Å². The molecule has 2 heterocycles. The molecule has 2 aliphatic heterocycles. The summed E-state index contributed by atoms with van der Waals surface area (Å²) in [4.78, 5) is 48.3. The minimum absolute atomic E-state index is 0.104. The Hall–Kier alpha value is -2.38. The number of likely N-dealkylation sites (tertiary alicyclic amines) is 1. The Morgan fingerprint density at radius 2 is 1.84 bits per heavy atom. The van der Waals surface area contributed by atoms with E-state index in [0.717, 1.165) is 0 Å². The molecule has 3 fully saturated rings. The quantitative estimate of drug-likeness (QED) is 0.533. The van der Waals surface area contributed by atoms with E-state index in [9.17, 15) is 45.5 Å². The van der Waals surface area contributed by atoms with Crippen LogP contribution in [-0.4, -0.2) is 66.7 Å². The lowest BCUT2D eigenvalue weighted by molar-refractivity contribution is -0.321. The van der Waals surface area contributed by atoms with E-state index in [4.69, 9.17) is 5.73 Å². The smallest absolute Gasteiger partial charge is 0.368 e. The Morgan fingerprint density at radius 3 is 2.34 bits per heavy atom. The Morgan fingerprint density at radius 1 is 1.19 bits per heavy atom. The molecule has 8 nitrogen and oxygen atoms in total. The second-order valence-corrected chi connectivity index (χ2v) is 8.55. The number of nitrogens with one attached hydrogen (secondary N) is 1. The van der Waals surface area contributed by atoms with Crippen LogP contribution in [0.15, 0.2) is 0 Å². The standard InChI is InChI=1S/C18H21F6N3O5/c19-17(20,21)15(31)27-7-16(5-11(27)13(25)29)4-10(16)9(3-8-1-2-26-14(8)30)12(28)6-32-18(22,23)24/h8-11H,1-7H2,(H2,25,29)(H,26,30)/t8-,9+,10?,11?,16?/m1/s1. The molecule has 14 heteroatoms. The number of hydrogen-bond donors (Lipinski definition) is 2. The van der Waals surface area contributed by atoms with E-state index in [1.807, 2.05) is 0 Å². The number of Topliss-reactive ketones (excluding diaryl/α,β-unsaturated/α-hetero) is 1. The van der Waals surface area contributed by atoms with E-state index < -0.39 is 72.5 Å². The molecule has 5 atom stereocenters. The van der Waals surface area contributed by atoms with Crippen molar-refractivity contribution in [2.45, 2.75) is 44.3 Å². The van der Waals surface area contributed by atoms with E-state index in [2.05, 4.69) is 10.1 Å². The van der Waals surface area contributed by atoms with Crippen molar-refractivity contribution in [2.75, 3.05) is 19.7 Å². The number of primary amides is 1. The molecule has 0 aromatic carbocycles. The summed E-state index contributed by atoms with van der Waals surface area (Å²) in [5.41, 5.74) is 4.11. The van der Waals surface area contributed by atoms with E-state index in [-0.39, 0.29) is 25.2 Å². The van der Waals surface area contributed by atoms with Crippen molar-refractivity contribution in [1.29, 1.82) is 0 Å². The Bertz CT molecular complexity index is 816. The third-order valence-electron chi connectivity index (χ3n) is 6.52. The summed E-state index contributed by atoms with van der Waals surface area (Å²) in [5.74, 6) is -7.18. The molecule has 3 N–H and O–H groups in total. The average Bonchev–Trinajstić information content (AvgIpc) is 2.98. The molecule has 2 saturated heterocycles. The summed E-state index contributed by atoms with van der Waals surface area (Å²) >= 11 is 0. The van der Waals surface area contributed by atoms with Crippen molar-refractivity contribution in [3.63, 3.8) is 0 Å². The van der Waals surface area contributed by atoms with Gasteiger partial charge in [-0.05, 0) is 37.0 Å². The fourth-order valence-electron chi connectivity index (χ4n) is 4.96. The highest BCUT2D eigenvalue weighted by Gasteiger charge is 2.66. The molecule has 180 valence electrons. The van der Waals surface area contributed by atoms with Gasteiger partial charge in [0.15, 0.2) is 5.78 Å².